The number of amides is 2. The van der Waals surface area contributed by atoms with Crippen molar-refractivity contribution in [1.82, 2.24) is 5.32 Å². The molecule has 3 aromatic rings. The normalized spacial score (nSPS) is 11.5. The zero-order valence-corrected chi connectivity index (χ0v) is 14.8. The first-order valence-electron chi connectivity index (χ1n) is 8.63. The van der Waals surface area contributed by atoms with Gasteiger partial charge in [0.15, 0.2) is 0 Å². The molecule has 0 radical (unpaired) electrons. The van der Waals surface area contributed by atoms with Crippen LogP contribution in [0.3, 0.4) is 0 Å². The quantitative estimate of drug-likeness (QED) is 0.475. The van der Waals surface area contributed by atoms with Gasteiger partial charge in [0.2, 0.25) is 5.82 Å². The molecule has 0 aliphatic carbocycles. The van der Waals surface area contributed by atoms with Crippen LogP contribution in [-0.2, 0) is 6.42 Å². The average molecular weight is 379 g/mol. The van der Waals surface area contributed by atoms with Crippen molar-refractivity contribution in [2.75, 3.05) is 5.32 Å². The predicted molar refractivity (Wildman–Crippen MR) is 105 cm³/mol. The Kier molecular flexibility index (Phi) is 5.96. The Morgan fingerprint density at radius 1 is 1.00 bits per heavy atom. The van der Waals surface area contributed by atoms with Gasteiger partial charge in [-0.15, -0.1) is 0 Å². The van der Waals surface area contributed by atoms with Crippen LogP contribution < -0.4 is 10.6 Å². The summed E-state index contributed by atoms with van der Waals surface area (Å²) >= 11 is 0. The summed E-state index contributed by atoms with van der Waals surface area (Å²) in [5, 5.41) is 16.3. The fourth-order valence-electron chi connectivity index (χ4n) is 2.84. The summed E-state index contributed by atoms with van der Waals surface area (Å²) in [6.45, 7) is 0. The highest BCUT2D eigenvalue weighted by molar-refractivity contribution is 5.89. The summed E-state index contributed by atoms with van der Waals surface area (Å²) in [5.74, 6) is -0.956. The average Bonchev–Trinajstić information content (AvgIpc) is 2.70. The fourth-order valence-corrected chi connectivity index (χ4v) is 2.84. The Morgan fingerprint density at radius 2 is 1.64 bits per heavy atom. The number of nitrogens with one attached hydrogen (secondary N) is 2. The zero-order chi connectivity index (χ0) is 19.9. The van der Waals surface area contributed by atoms with Gasteiger partial charge in [0.1, 0.15) is 0 Å². The molecule has 1 atom stereocenters. The van der Waals surface area contributed by atoms with Gasteiger partial charge < -0.3 is 10.6 Å². The van der Waals surface area contributed by atoms with Gasteiger partial charge in [-0.2, -0.15) is 4.39 Å². The van der Waals surface area contributed by atoms with E-state index in [0.29, 0.717) is 6.42 Å². The van der Waals surface area contributed by atoms with Crippen molar-refractivity contribution >= 4 is 17.4 Å². The Hall–Kier alpha value is -3.74. The molecule has 6 nitrogen and oxygen atoms in total. The molecule has 0 saturated heterocycles. The summed E-state index contributed by atoms with van der Waals surface area (Å²) in [7, 11) is 0. The Balaban J connectivity index is 1.76. The molecule has 2 amide bonds. The summed E-state index contributed by atoms with van der Waals surface area (Å²) < 4.78 is 13.5. The second-order valence-electron chi connectivity index (χ2n) is 6.17. The number of halogens is 1. The first kappa shape index (κ1) is 19.0. The molecule has 3 rings (SSSR count). The predicted octanol–water partition coefficient (Wildman–Crippen LogP) is 4.84. The maximum absolute atomic E-state index is 13.5. The van der Waals surface area contributed by atoms with Gasteiger partial charge in [0.05, 0.1) is 11.0 Å². The molecule has 0 unspecified atom stereocenters. The maximum Gasteiger partial charge on any atom is 0.319 e. The number of urea groups is 1. The minimum Gasteiger partial charge on any atom is -0.331 e. The zero-order valence-electron chi connectivity index (χ0n) is 14.8. The smallest absolute Gasteiger partial charge is 0.319 e. The Labute approximate surface area is 161 Å². The van der Waals surface area contributed by atoms with Crippen molar-refractivity contribution in [1.29, 1.82) is 0 Å². The maximum atomic E-state index is 13.5. The van der Waals surface area contributed by atoms with Gasteiger partial charge in [-0.05, 0) is 29.7 Å². The van der Waals surface area contributed by atoms with Crippen LogP contribution in [-0.4, -0.2) is 11.0 Å². The molecule has 0 fully saturated rings. The van der Waals surface area contributed by atoms with Crippen molar-refractivity contribution in [2.45, 2.75) is 12.5 Å². The van der Waals surface area contributed by atoms with Gasteiger partial charge in [0, 0.05) is 11.8 Å². The van der Waals surface area contributed by atoms with Gasteiger partial charge in [-0.1, -0.05) is 60.7 Å². The molecule has 7 heteroatoms. The molecule has 0 saturated carbocycles. The summed E-state index contributed by atoms with van der Waals surface area (Å²) in [6.07, 6.45) is 0.571. The van der Waals surface area contributed by atoms with Gasteiger partial charge >= 0.3 is 11.7 Å². The van der Waals surface area contributed by atoms with Crippen molar-refractivity contribution in [3.8, 4) is 0 Å². The molecule has 0 bridgehead atoms. The standard InChI is InChI=1S/C21H18FN3O3/c22-18-12-11-17(14-20(18)25(27)28)23-21(26)24-19(16-9-5-2-6-10-16)13-15-7-3-1-4-8-15/h1-12,14,19H,13H2,(H2,23,24,26)/t19-/m0/s1. The minimum atomic E-state index is -0.956. The highest BCUT2D eigenvalue weighted by atomic mass is 19.1. The lowest BCUT2D eigenvalue weighted by Crippen LogP contribution is -2.33. The number of nitrogens with zero attached hydrogens (tertiary/aromatic N) is 1. The molecule has 0 spiro atoms. The molecule has 2 N–H and O–H groups in total. The van der Waals surface area contributed by atoms with E-state index in [1.807, 2.05) is 60.7 Å². The second-order valence-corrected chi connectivity index (χ2v) is 6.17. The number of anilines is 1. The Morgan fingerprint density at radius 3 is 2.29 bits per heavy atom. The molecule has 3 aromatic carbocycles. The molecule has 0 aromatic heterocycles. The number of rotatable bonds is 6. The van der Waals surface area contributed by atoms with Crippen LogP contribution in [0.2, 0.25) is 0 Å². The third-order valence-corrected chi connectivity index (χ3v) is 4.19. The fraction of sp³-hybridized carbons (Fsp3) is 0.0952. The second kappa shape index (κ2) is 8.77. The van der Waals surface area contributed by atoms with Crippen molar-refractivity contribution in [3.05, 3.63) is 106 Å². The number of hydrogen-bond acceptors (Lipinski definition) is 3. The van der Waals surface area contributed by atoms with E-state index in [2.05, 4.69) is 10.6 Å². The van der Waals surface area contributed by atoms with Crippen molar-refractivity contribution < 1.29 is 14.1 Å². The van der Waals surface area contributed by atoms with Crippen molar-refractivity contribution in [2.24, 2.45) is 0 Å². The molecule has 0 aliphatic heterocycles. The lowest BCUT2D eigenvalue weighted by Gasteiger charge is -2.20. The monoisotopic (exact) mass is 379 g/mol. The Bertz CT molecular complexity index is 965. The largest absolute Gasteiger partial charge is 0.331 e. The SMILES string of the molecule is O=C(Nc1ccc(F)c([N+](=O)[O-])c1)N[C@@H](Cc1ccccc1)c1ccccc1. The highest BCUT2D eigenvalue weighted by Crippen LogP contribution is 2.22. The van der Waals surface area contributed by atoms with E-state index in [-0.39, 0.29) is 11.7 Å². The lowest BCUT2D eigenvalue weighted by atomic mass is 9.99. The topological polar surface area (TPSA) is 84.3 Å². The first-order chi connectivity index (χ1) is 13.5. The van der Waals surface area contributed by atoms with E-state index in [9.17, 15) is 19.3 Å². The van der Waals surface area contributed by atoms with E-state index in [1.54, 1.807) is 0 Å². The molecule has 142 valence electrons. The molecular weight excluding hydrogens is 361 g/mol. The molecule has 0 heterocycles. The third-order valence-electron chi connectivity index (χ3n) is 4.19. The van der Waals surface area contributed by atoms with E-state index < -0.39 is 22.5 Å². The number of nitro benzene ring substituents is 1. The first-order valence-corrected chi connectivity index (χ1v) is 8.63. The van der Waals surface area contributed by atoms with Gasteiger partial charge in [-0.3, -0.25) is 10.1 Å². The van der Waals surface area contributed by atoms with Crippen LogP contribution in [0.25, 0.3) is 0 Å². The number of nitro groups is 1. The van der Waals surface area contributed by atoms with E-state index in [4.69, 9.17) is 0 Å². The van der Waals surface area contributed by atoms with Crippen LogP contribution in [0.5, 0.6) is 0 Å². The molecule has 28 heavy (non-hydrogen) atoms. The van der Waals surface area contributed by atoms with Crippen LogP contribution in [0.1, 0.15) is 17.2 Å². The van der Waals surface area contributed by atoms with Crippen molar-refractivity contribution in [3.63, 3.8) is 0 Å². The molecule has 0 aliphatic rings. The number of benzene rings is 3. The highest BCUT2D eigenvalue weighted by Gasteiger charge is 2.18. The number of hydrogen-bond donors (Lipinski definition) is 2. The third kappa shape index (κ3) is 4.91. The lowest BCUT2D eigenvalue weighted by molar-refractivity contribution is -0.387. The number of carbonyl (C=O) groups excluding carboxylic acids is 1. The van der Waals surface area contributed by atoms with Crippen LogP contribution in [0, 0.1) is 15.9 Å². The summed E-state index contributed by atoms with van der Waals surface area (Å²) in [6, 6.07) is 21.6. The summed E-state index contributed by atoms with van der Waals surface area (Å²) in [5.41, 5.74) is 1.42. The van der Waals surface area contributed by atoms with Crippen LogP contribution in [0.4, 0.5) is 20.6 Å². The van der Waals surface area contributed by atoms with Crippen LogP contribution in [0.15, 0.2) is 78.9 Å². The van der Waals surface area contributed by atoms with Gasteiger partial charge in [-0.25, -0.2) is 4.79 Å². The van der Waals surface area contributed by atoms with Crippen LogP contribution >= 0.6 is 0 Å². The van der Waals surface area contributed by atoms with Gasteiger partial charge in [0.25, 0.3) is 0 Å². The number of carbonyl (C=O) groups is 1. The van der Waals surface area contributed by atoms with E-state index >= 15 is 0 Å². The minimum absolute atomic E-state index is 0.136. The van der Waals surface area contributed by atoms with E-state index in [1.165, 1.54) is 6.07 Å². The summed E-state index contributed by atoms with van der Waals surface area (Å²) in [4.78, 5) is 22.5. The molecular formula is C21H18FN3O3. The van der Waals surface area contributed by atoms with E-state index in [0.717, 1.165) is 23.3 Å².